The average Bonchev–Trinajstić information content (AvgIpc) is 3.09. The largest absolute Gasteiger partial charge is 0.440 e. The fraction of sp³-hybridized carbons (Fsp3) is 0.643. The summed E-state index contributed by atoms with van der Waals surface area (Å²) in [5, 5.41) is 3.91. The van der Waals surface area contributed by atoms with Crippen molar-refractivity contribution in [3.05, 3.63) is 18.0 Å². The van der Waals surface area contributed by atoms with Crippen molar-refractivity contribution in [1.29, 1.82) is 0 Å². The molecular weight excluding hydrogens is 294 g/mol. The SMILES string of the molecule is Cc1ncoc1-c1noc(CC2CCN(CC(F)F)CC2)n1. The molecule has 0 bridgehead atoms. The molecule has 0 N–H and O–H groups in total. The van der Waals surface area contributed by atoms with Gasteiger partial charge in [-0.05, 0) is 38.8 Å². The molecule has 0 atom stereocenters. The average molecular weight is 312 g/mol. The summed E-state index contributed by atoms with van der Waals surface area (Å²) >= 11 is 0. The molecule has 6 nitrogen and oxygen atoms in total. The third-order valence-corrected chi connectivity index (χ3v) is 3.98. The van der Waals surface area contributed by atoms with Gasteiger partial charge in [0.25, 0.3) is 6.43 Å². The fourth-order valence-corrected chi connectivity index (χ4v) is 2.76. The smallest absolute Gasteiger partial charge is 0.251 e. The molecule has 22 heavy (non-hydrogen) atoms. The zero-order chi connectivity index (χ0) is 15.5. The van der Waals surface area contributed by atoms with Crippen molar-refractivity contribution in [3.63, 3.8) is 0 Å². The fourth-order valence-electron chi connectivity index (χ4n) is 2.76. The Labute approximate surface area is 126 Å². The molecule has 0 amide bonds. The molecule has 0 aromatic carbocycles. The summed E-state index contributed by atoms with van der Waals surface area (Å²) in [7, 11) is 0. The highest BCUT2D eigenvalue weighted by molar-refractivity contribution is 5.48. The lowest BCUT2D eigenvalue weighted by atomic mass is 9.93. The zero-order valence-electron chi connectivity index (χ0n) is 12.3. The maximum Gasteiger partial charge on any atom is 0.251 e. The molecule has 0 spiro atoms. The number of piperidine rings is 1. The monoisotopic (exact) mass is 312 g/mol. The molecule has 0 aliphatic carbocycles. The number of halogens is 2. The Hall–Kier alpha value is -1.83. The Bertz CT molecular complexity index is 606. The van der Waals surface area contributed by atoms with Crippen LogP contribution in [0.2, 0.25) is 0 Å². The van der Waals surface area contributed by atoms with Crippen LogP contribution in [0.15, 0.2) is 15.3 Å². The van der Waals surface area contributed by atoms with Crippen LogP contribution >= 0.6 is 0 Å². The number of nitrogens with zero attached hydrogens (tertiary/aromatic N) is 4. The number of oxazole rings is 1. The summed E-state index contributed by atoms with van der Waals surface area (Å²) in [6.07, 6.45) is 1.49. The summed E-state index contributed by atoms with van der Waals surface area (Å²) < 4.78 is 35.2. The van der Waals surface area contributed by atoms with E-state index < -0.39 is 6.43 Å². The van der Waals surface area contributed by atoms with Crippen LogP contribution in [-0.2, 0) is 6.42 Å². The topological polar surface area (TPSA) is 68.2 Å². The second kappa shape index (κ2) is 6.51. The van der Waals surface area contributed by atoms with Crippen LogP contribution in [0.1, 0.15) is 24.4 Å². The minimum absolute atomic E-state index is 0.137. The first-order chi connectivity index (χ1) is 10.6. The first-order valence-corrected chi connectivity index (χ1v) is 7.35. The molecule has 0 radical (unpaired) electrons. The molecule has 2 aromatic heterocycles. The Kier molecular flexibility index (Phi) is 4.47. The normalized spacial score (nSPS) is 17.5. The molecule has 1 aliphatic rings. The Morgan fingerprint density at radius 2 is 2.14 bits per heavy atom. The second-order valence-electron chi connectivity index (χ2n) is 5.62. The Morgan fingerprint density at radius 1 is 1.36 bits per heavy atom. The number of hydrogen-bond donors (Lipinski definition) is 0. The highest BCUT2D eigenvalue weighted by atomic mass is 19.3. The van der Waals surface area contributed by atoms with E-state index in [-0.39, 0.29) is 6.54 Å². The Balaban J connectivity index is 1.55. The van der Waals surface area contributed by atoms with E-state index in [4.69, 9.17) is 8.94 Å². The summed E-state index contributed by atoms with van der Waals surface area (Å²) in [6, 6.07) is 0. The van der Waals surface area contributed by atoms with Gasteiger partial charge >= 0.3 is 0 Å². The first-order valence-electron chi connectivity index (χ1n) is 7.35. The number of hydrogen-bond acceptors (Lipinski definition) is 6. The third kappa shape index (κ3) is 3.49. The highest BCUT2D eigenvalue weighted by Gasteiger charge is 2.24. The summed E-state index contributed by atoms with van der Waals surface area (Å²) in [5.74, 6) is 1.86. The van der Waals surface area contributed by atoms with Gasteiger partial charge in [-0.2, -0.15) is 4.98 Å². The van der Waals surface area contributed by atoms with Gasteiger partial charge < -0.3 is 8.94 Å². The molecule has 3 heterocycles. The lowest BCUT2D eigenvalue weighted by Crippen LogP contribution is -2.37. The van der Waals surface area contributed by atoms with Crippen LogP contribution in [0, 0.1) is 12.8 Å². The lowest BCUT2D eigenvalue weighted by molar-refractivity contribution is 0.0681. The van der Waals surface area contributed by atoms with E-state index in [0.717, 1.165) is 12.8 Å². The van der Waals surface area contributed by atoms with Crippen LogP contribution in [0.4, 0.5) is 8.78 Å². The third-order valence-electron chi connectivity index (χ3n) is 3.98. The Morgan fingerprint density at radius 3 is 2.77 bits per heavy atom. The van der Waals surface area contributed by atoms with E-state index in [1.807, 2.05) is 6.92 Å². The van der Waals surface area contributed by atoms with Crippen LogP contribution in [0.3, 0.4) is 0 Å². The van der Waals surface area contributed by atoms with Crippen molar-refractivity contribution in [1.82, 2.24) is 20.0 Å². The molecule has 0 unspecified atom stereocenters. The predicted octanol–water partition coefficient (Wildman–Crippen LogP) is 2.55. The van der Waals surface area contributed by atoms with Gasteiger partial charge in [0.1, 0.15) is 0 Å². The van der Waals surface area contributed by atoms with Crippen molar-refractivity contribution in [2.75, 3.05) is 19.6 Å². The molecule has 1 saturated heterocycles. The molecule has 3 rings (SSSR count). The standard InChI is InChI=1S/C14H18F2N4O2/c1-9-13(21-8-17-9)14-18-12(22-19-14)6-10-2-4-20(5-3-10)7-11(15)16/h8,10-11H,2-7H2,1H3. The van der Waals surface area contributed by atoms with Gasteiger partial charge in [-0.1, -0.05) is 5.16 Å². The van der Waals surface area contributed by atoms with Crippen LogP contribution < -0.4 is 0 Å². The van der Waals surface area contributed by atoms with Crippen molar-refractivity contribution in [2.45, 2.75) is 32.6 Å². The van der Waals surface area contributed by atoms with Crippen LogP contribution in [0.5, 0.6) is 0 Å². The molecule has 1 fully saturated rings. The van der Waals surface area contributed by atoms with Crippen molar-refractivity contribution in [2.24, 2.45) is 5.92 Å². The number of rotatable bonds is 5. The second-order valence-corrected chi connectivity index (χ2v) is 5.62. The summed E-state index contributed by atoms with van der Waals surface area (Å²) in [6.45, 7) is 3.06. The minimum atomic E-state index is -2.26. The van der Waals surface area contributed by atoms with E-state index >= 15 is 0 Å². The van der Waals surface area contributed by atoms with Gasteiger partial charge in [0, 0.05) is 6.42 Å². The molecule has 120 valence electrons. The maximum absolute atomic E-state index is 12.3. The number of likely N-dealkylation sites (tertiary alicyclic amines) is 1. The van der Waals surface area contributed by atoms with Gasteiger partial charge in [0.15, 0.2) is 12.2 Å². The summed E-state index contributed by atoms with van der Waals surface area (Å²) in [4.78, 5) is 10.1. The van der Waals surface area contributed by atoms with E-state index in [2.05, 4.69) is 15.1 Å². The van der Waals surface area contributed by atoms with Gasteiger partial charge in [-0.25, -0.2) is 13.8 Å². The quantitative estimate of drug-likeness (QED) is 0.845. The van der Waals surface area contributed by atoms with Gasteiger partial charge in [0.2, 0.25) is 11.7 Å². The first kappa shape index (κ1) is 15.1. The number of alkyl halides is 2. The maximum atomic E-state index is 12.3. The van der Waals surface area contributed by atoms with E-state index in [1.165, 1.54) is 6.39 Å². The van der Waals surface area contributed by atoms with Gasteiger partial charge in [0.05, 0.1) is 12.2 Å². The van der Waals surface area contributed by atoms with E-state index in [1.54, 1.807) is 4.90 Å². The molecule has 1 aliphatic heterocycles. The van der Waals surface area contributed by atoms with E-state index in [0.29, 0.717) is 48.6 Å². The van der Waals surface area contributed by atoms with E-state index in [9.17, 15) is 8.78 Å². The van der Waals surface area contributed by atoms with Crippen LogP contribution in [0.25, 0.3) is 11.6 Å². The van der Waals surface area contributed by atoms with Crippen molar-refractivity contribution >= 4 is 0 Å². The summed E-state index contributed by atoms with van der Waals surface area (Å²) in [5.41, 5.74) is 0.715. The van der Waals surface area contributed by atoms with Crippen LogP contribution in [-0.4, -0.2) is 46.1 Å². The number of aromatic nitrogens is 3. The predicted molar refractivity (Wildman–Crippen MR) is 73.4 cm³/mol. The van der Waals surface area contributed by atoms with Gasteiger partial charge in [-0.15, -0.1) is 0 Å². The zero-order valence-corrected chi connectivity index (χ0v) is 12.3. The molecule has 2 aromatic rings. The minimum Gasteiger partial charge on any atom is -0.440 e. The molecular formula is C14H18F2N4O2. The van der Waals surface area contributed by atoms with Crippen molar-refractivity contribution in [3.8, 4) is 11.6 Å². The molecule has 8 heteroatoms. The van der Waals surface area contributed by atoms with Gasteiger partial charge in [-0.3, -0.25) is 4.90 Å². The highest BCUT2D eigenvalue weighted by Crippen LogP contribution is 2.24. The lowest BCUT2D eigenvalue weighted by Gasteiger charge is -2.30. The molecule has 0 saturated carbocycles. The van der Waals surface area contributed by atoms with Crippen molar-refractivity contribution < 1.29 is 17.7 Å². The number of aryl methyl sites for hydroxylation is 1.